The van der Waals surface area contributed by atoms with E-state index in [-0.39, 0.29) is 18.2 Å². The van der Waals surface area contributed by atoms with Crippen LogP contribution in [-0.4, -0.2) is 37.0 Å². The maximum atomic E-state index is 12.0. The van der Waals surface area contributed by atoms with Gasteiger partial charge < -0.3 is 19.8 Å². The summed E-state index contributed by atoms with van der Waals surface area (Å²) in [7, 11) is 1.61. The van der Waals surface area contributed by atoms with Crippen molar-refractivity contribution in [3.63, 3.8) is 0 Å². The Labute approximate surface area is 146 Å². The van der Waals surface area contributed by atoms with Gasteiger partial charge in [-0.3, -0.25) is 9.59 Å². The lowest BCUT2D eigenvalue weighted by molar-refractivity contribution is -0.120. The summed E-state index contributed by atoms with van der Waals surface area (Å²) >= 11 is 0. The number of hydrogen-bond acceptors (Lipinski definition) is 5. The van der Waals surface area contributed by atoms with E-state index < -0.39 is 0 Å². The van der Waals surface area contributed by atoms with Crippen LogP contribution in [0.5, 0.6) is 5.75 Å². The predicted molar refractivity (Wildman–Crippen MR) is 93.2 cm³/mol. The van der Waals surface area contributed by atoms with E-state index in [1.54, 1.807) is 14.0 Å². The van der Waals surface area contributed by atoms with Crippen LogP contribution in [0.2, 0.25) is 0 Å². The molecule has 7 nitrogen and oxygen atoms in total. The summed E-state index contributed by atoms with van der Waals surface area (Å²) in [6.07, 6.45) is 0.839. The van der Waals surface area contributed by atoms with Crippen molar-refractivity contribution in [2.75, 3.05) is 20.2 Å². The van der Waals surface area contributed by atoms with Crippen molar-refractivity contribution in [3.05, 3.63) is 35.7 Å². The maximum absolute atomic E-state index is 12.0. The van der Waals surface area contributed by atoms with Gasteiger partial charge in [0.05, 0.1) is 19.2 Å². The standard InChI is InChI=1S/C18H23N3O4/c1-12-16(11-17(23)20-10-4-9-19-13(2)22)21-18(25-12)14-5-7-15(24-3)8-6-14/h5-8H,4,9-11H2,1-3H3,(H,19,22)(H,20,23). The summed E-state index contributed by atoms with van der Waals surface area (Å²) in [5.41, 5.74) is 1.44. The van der Waals surface area contributed by atoms with Gasteiger partial charge in [-0.2, -0.15) is 0 Å². The van der Waals surface area contributed by atoms with Crippen molar-refractivity contribution in [2.24, 2.45) is 0 Å². The lowest BCUT2D eigenvalue weighted by atomic mass is 10.2. The fourth-order valence-corrected chi connectivity index (χ4v) is 2.24. The van der Waals surface area contributed by atoms with E-state index in [1.165, 1.54) is 6.92 Å². The molecule has 0 saturated heterocycles. The number of amides is 2. The highest BCUT2D eigenvalue weighted by Gasteiger charge is 2.14. The normalized spacial score (nSPS) is 10.4. The molecular weight excluding hydrogens is 322 g/mol. The Kier molecular flexibility index (Phi) is 6.56. The third kappa shape index (κ3) is 5.63. The molecular formula is C18H23N3O4. The van der Waals surface area contributed by atoms with Crippen molar-refractivity contribution in [1.29, 1.82) is 0 Å². The Bertz CT molecular complexity index is 722. The predicted octanol–water partition coefficient (Wildman–Crippen LogP) is 1.84. The largest absolute Gasteiger partial charge is 0.497 e. The summed E-state index contributed by atoms with van der Waals surface area (Å²) in [4.78, 5) is 27.2. The molecule has 2 amide bonds. The van der Waals surface area contributed by atoms with Crippen molar-refractivity contribution >= 4 is 11.8 Å². The van der Waals surface area contributed by atoms with E-state index in [2.05, 4.69) is 15.6 Å². The van der Waals surface area contributed by atoms with E-state index in [9.17, 15) is 9.59 Å². The number of hydrogen-bond donors (Lipinski definition) is 2. The molecule has 134 valence electrons. The van der Waals surface area contributed by atoms with Crippen LogP contribution in [0.1, 0.15) is 24.8 Å². The molecule has 2 N–H and O–H groups in total. The molecule has 2 rings (SSSR count). The molecule has 0 spiro atoms. The first-order valence-electron chi connectivity index (χ1n) is 8.11. The number of oxazole rings is 1. The molecule has 0 saturated carbocycles. The number of nitrogens with one attached hydrogen (secondary N) is 2. The van der Waals surface area contributed by atoms with Crippen LogP contribution < -0.4 is 15.4 Å². The van der Waals surface area contributed by atoms with Gasteiger partial charge >= 0.3 is 0 Å². The van der Waals surface area contributed by atoms with Gasteiger partial charge in [0.2, 0.25) is 17.7 Å². The molecule has 0 bridgehead atoms. The second kappa shape index (κ2) is 8.86. The molecule has 1 aromatic carbocycles. The fourth-order valence-electron chi connectivity index (χ4n) is 2.24. The number of carbonyl (C=O) groups is 2. The van der Waals surface area contributed by atoms with Gasteiger partial charge in [-0.25, -0.2) is 4.98 Å². The smallest absolute Gasteiger partial charge is 0.226 e. The number of methoxy groups -OCH3 is 1. The van der Waals surface area contributed by atoms with Crippen LogP contribution in [-0.2, 0) is 16.0 Å². The zero-order valence-corrected chi connectivity index (χ0v) is 14.7. The quantitative estimate of drug-likeness (QED) is 0.712. The maximum Gasteiger partial charge on any atom is 0.226 e. The SMILES string of the molecule is COc1ccc(-c2nc(CC(=O)NCCCNC(C)=O)c(C)o2)cc1. The number of ether oxygens (including phenoxy) is 1. The van der Waals surface area contributed by atoms with Gasteiger partial charge in [0, 0.05) is 25.6 Å². The Morgan fingerprint density at radius 3 is 2.48 bits per heavy atom. The molecule has 25 heavy (non-hydrogen) atoms. The Morgan fingerprint density at radius 1 is 1.16 bits per heavy atom. The highest BCUT2D eigenvalue weighted by Crippen LogP contribution is 2.24. The highest BCUT2D eigenvalue weighted by atomic mass is 16.5. The number of aryl methyl sites for hydroxylation is 1. The average molecular weight is 345 g/mol. The minimum absolute atomic E-state index is 0.0735. The first-order valence-corrected chi connectivity index (χ1v) is 8.11. The number of rotatable bonds is 8. The topological polar surface area (TPSA) is 93.5 Å². The van der Waals surface area contributed by atoms with Gasteiger partial charge in [0.1, 0.15) is 11.5 Å². The Hall–Kier alpha value is -2.83. The van der Waals surface area contributed by atoms with Crippen molar-refractivity contribution in [2.45, 2.75) is 26.7 Å². The van der Waals surface area contributed by atoms with E-state index in [0.717, 1.165) is 11.3 Å². The fraction of sp³-hybridized carbons (Fsp3) is 0.389. The molecule has 0 aliphatic heterocycles. The second-order valence-electron chi connectivity index (χ2n) is 5.61. The summed E-state index contributed by atoms with van der Waals surface area (Å²) < 4.78 is 10.8. The van der Waals surface area contributed by atoms with Gasteiger partial charge in [0.25, 0.3) is 0 Å². The van der Waals surface area contributed by atoms with Crippen LogP contribution in [0.4, 0.5) is 0 Å². The molecule has 0 aliphatic rings. The van der Waals surface area contributed by atoms with Gasteiger partial charge in [-0.15, -0.1) is 0 Å². The Morgan fingerprint density at radius 2 is 1.84 bits per heavy atom. The lowest BCUT2D eigenvalue weighted by Gasteiger charge is -2.04. The molecule has 7 heteroatoms. The van der Waals surface area contributed by atoms with E-state index in [1.807, 2.05) is 24.3 Å². The lowest BCUT2D eigenvalue weighted by Crippen LogP contribution is -2.29. The van der Waals surface area contributed by atoms with E-state index in [0.29, 0.717) is 36.9 Å². The Balaban J connectivity index is 1.88. The average Bonchev–Trinajstić information content (AvgIpc) is 2.95. The second-order valence-corrected chi connectivity index (χ2v) is 5.61. The summed E-state index contributed by atoms with van der Waals surface area (Å²) in [5.74, 6) is 1.66. The molecule has 0 aliphatic carbocycles. The van der Waals surface area contributed by atoms with Crippen LogP contribution >= 0.6 is 0 Å². The van der Waals surface area contributed by atoms with Crippen LogP contribution in [0.15, 0.2) is 28.7 Å². The van der Waals surface area contributed by atoms with Crippen LogP contribution in [0, 0.1) is 6.92 Å². The summed E-state index contributed by atoms with van der Waals surface area (Å²) in [5, 5.41) is 5.49. The van der Waals surface area contributed by atoms with Crippen LogP contribution in [0.3, 0.4) is 0 Å². The zero-order valence-electron chi connectivity index (χ0n) is 14.7. The van der Waals surface area contributed by atoms with E-state index >= 15 is 0 Å². The summed E-state index contributed by atoms with van der Waals surface area (Å²) in [6, 6.07) is 7.37. The van der Waals surface area contributed by atoms with Crippen molar-refractivity contribution in [3.8, 4) is 17.2 Å². The monoisotopic (exact) mass is 345 g/mol. The van der Waals surface area contributed by atoms with Gasteiger partial charge in [-0.1, -0.05) is 0 Å². The number of aromatic nitrogens is 1. The first kappa shape index (κ1) is 18.5. The summed E-state index contributed by atoms with van der Waals surface area (Å²) in [6.45, 7) is 4.30. The molecule has 0 radical (unpaired) electrons. The van der Waals surface area contributed by atoms with Gasteiger partial charge in [-0.05, 0) is 37.6 Å². The van der Waals surface area contributed by atoms with E-state index in [4.69, 9.17) is 9.15 Å². The zero-order chi connectivity index (χ0) is 18.2. The molecule has 0 atom stereocenters. The molecule has 0 unspecified atom stereocenters. The molecule has 2 aromatic rings. The minimum Gasteiger partial charge on any atom is -0.497 e. The van der Waals surface area contributed by atoms with Crippen molar-refractivity contribution in [1.82, 2.24) is 15.6 Å². The van der Waals surface area contributed by atoms with Crippen molar-refractivity contribution < 1.29 is 18.7 Å². The highest BCUT2D eigenvalue weighted by molar-refractivity contribution is 5.78. The molecule has 0 fully saturated rings. The molecule has 1 heterocycles. The molecule has 1 aromatic heterocycles. The third-order valence-corrected chi connectivity index (χ3v) is 3.61. The third-order valence-electron chi connectivity index (χ3n) is 3.61. The first-order chi connectivity index (χ1) is 12.0. The number of carbonyl (C=O) groups excluding carboxylic acids is 2. The number of nitrogens with zero attached hydrogens (tertiary/aromatic N) is 1. The van der Waals surface area contributed by atoms with Gasteiger partial charge in [0.15, 0.2) is 0 Å². The minimum atomic E-state index is -0.125. The number of benzene rings is 1. The van der Waals surface area contributed by atoms with Crippen LogP contribution in [0.25, 0.3) is 11.5 Å².